The number of aromatic nitrogens is 7. The molecule has 0 aromatic carbocycles. The lowest BCUT2D eigenvalue weighted by Crippen LogP contribution is -2.31. The normalized spacial score (nSPS) is 18.6. The lowest BCUT2D eigenvalue weighted by atomic mass is 10.1. The summed E-state index contributed by atoms with van der Waals surface area (Å²) in [7, 11) is -1.84. The van der Waals surface area contributed by atoms with E-state index in [-0.39, 0.29) is 40.9 Å². The van der Waals surface area contributed by atoms with Crippen molar-refractivity contribution in [2.45, 2.75) is 62.4 Å². The average Bonchev–Trinajstić information content (AvgIpc) is 3.76. The number of nitrogens with one attached hydrogen (secondary N) is 1. The van der Waals surface area contributed by atoms with E-state index in [1.165, 1.54) is 25.7 Å². The van der Waals surface area contributed by atoms with Gasteiger partial charge in [0.1, 0.15) is 17.4 Å². The first-order valence-corrected chi connectivity index (χ1v) is 15.5. The van der Waals surface area contributed by atoms with Gasteiger partial charge in [-0.1, -0.05) is 6.92 Å². The highest BCUT2D eigenvalue weighted by molar-refractivity contribution is 7.91. The number of fused-ring (bicyclic) bond motifs is 1. The highest BCUT2D eigenvalue weighted by atomic mass is 32.2. The van der Waals surface area contributed by atoms with Crippen molar-refractivity contribution < 1.29 is 13.2 Å². The van der Waals surface area contributed by atoms with Crippen molar-refractivity contribution in [2.24, 2.45) is 5.92 Å². The second kappa shape index (κ2) is 11.1. The monoisotopic (exact) mass is 587 g/mol. The maximum absolute atomic E-state index is 14.0. The third-order valence-corrected chi connectivity index (χ3v) is 9.53. The van der Waals surface area contributed by atoms with Crippen LogP contribution in [-0.2, 0) is 16.4 Å². The molecule has 2 atom stereocenters. The highest BCUT2D eigenvalue weighted by Gasteiger charge is 2.34. The Hall–Kier alpha value is -4.51. The summed E-state index contributed by atoms with van der Waals surface area (Å²) in [5.74, 6) is 0.640. The van der Waals surface area contributed by atoms with E-state index in [0.29, 0.717) is 47.0 Å². The summed E-state index contributed by atoms with van der Waals surface area (Å²) in [4.78, 5) is 41.1. The molecule has 2 fully saturated rings. The molecule has 4 aromatic heterocycles. The van der Waals surface area contributed by atoms with Gasteiger partial charge in [-0.2, -0.15) is 5.26 Å². The Bertz CT molecular complexity index is 1870. The number of methoxy groups -OCH3 is 1. The molecule has 4 aromatic rings. The van der Waals surface area contributed by atoms with Crippen LogP contribution in [0.1, 0.15) is 62.4 Å². The fourth-order valence-corrected chi connectivity index (χ4v) is 6.22. The molecule has 2 aliphatic carbocycles. The van der Waals surface area contributed by atoms with Gasteiger partial charge < -0.3 is 10.1 Å². The molecule has 1 unspecified atom stereocenters. The number of anilines is 1. The molecular weight excluding hydrogens is 558 g/mol. The smallest absolute Gasteiger partial charge is 0.295 e. The zero-order chi connectivity index (χ0) is 29.4. The zero-order valence-corrected chi connectivity index (χ0v) is 24.0. The summed E-state index contributed by atoms with van der Waals surface area (Å²) in [6, 6.07) is 5.07. The standard InChI is InChI=1S/C28H29N9O4S/c1-3-42(39,40)19-10-9-18(30-13-19)12-31-25-28(38)37(21-6-4-5-17(21)11-29)26-20(35-25)14-32-24(36-26)22-23(16-7-8-16)33-15-34-27(22)41-2/h9-10,13-17,21H,3-8,12H2,1-2H3,(H,31,35)/t17-,21?/m1/s1. The minimum absolute atomic E-state index is 0.0204. The molecule has 6 rings (SSSR count). The molecule has 0 radical (unpaired) electrons. The Balaban J connectivity index is 1.43. The summed E-state index contributed by atoms with van der Waals surface area (Å²) < 4.78 is 31.3. The number of nitriles is 1. The number of sulfone groups is 1. The van der Waals surface area contributed by atoms with E-state index >= 15 is 0 Å². The van der Waals surface area contributed by atoms with Crippen molar-refractivity contribution in [2.75, 3.05) is 18.2 Å². The van der Waals surface area contributed by atoms with Gasteiger partial charge in [-0.25, -0.2) is 33.3 Å². The molecule has 0 saturated heterocycles. The first-order chi connectivity index (χ1) is 20.3. The summed E-state index contributed by atoms with van der Waals surface area (Å²) in [6.07, 6.45) is 8.47. The third kappa shape index (κ3) is 5.04. The first-order valence-electron chi connectivity index (χ1n) is 13.8. The number of hydrogen-bond donors (Lipinski definition) is 1. The van der Waals surface area contributed by atoms with Crippen LogP contribution in [-0.4, -0.2) is 55.8 Å². The van der Waals surface area contributed by atoms with Crippen LogP contribution in [0.15, 0.2) is 40.5 Å². The van der Waals surface area contributed by atoms with Crippen LogP contribution in [0.3, 0.4) is 0 Å². The lowest BCUT2D eigenvalue weighted by Gasteiger charge is -2.20. The van der Waals surface area contributed by atoms with Gasteiger partial charge in [0.15, 0.2) is 27.1 Å². The van der Waals surface area contributed by atoms with E-state index in [1.807, 2.05) is 0 Å². The topological polar surface area (TPSA) is 179 Å². The van der Waals surface area contributed by atoms with Crippen molar-refractivity contribution in [3.05, 3.63) is 52.6 Å². The number of rotatable bonds is 9. The number of ether oxygens (including phenoxy) is 1. The Labute approximate surface area is 242 Å². The summed E-state index contributed by atoms with van der Waals surface area (Å²) in [6.45, 7) is 1.71. The SMILES string of the molecule is CCS(=O)(=O)c1ccc(CNc2nc3cnc(-c4c(OC)ncnc4C4CC4)nc3n(C3CCC[C@@H]3C#N)c2=O)nc1. The van der Waals surface area contributed by atoms with Crippen molar-refractivity contribution in [1.82, 2.24) is 34.5 Å². The molecule has 0 aliphatic heterocycles. The van der Waals surface area contributed by atoms with Gasteiger partial charge in [-0.15, -0.1) is 0 Å². The van der Waals surface area contributed by atoms with Crippen molar-refractivity contribution in [3.8, 4) is 23.3 Å². The van der Waals surface area contributed by atoms with Crippen LogP contribution in [0.2, 0.25) is 0 Å². The molecule has 0 spiro atoms. The Morgan fingerprint density at radius 1 is 1.10 bits per heavy atom. The number of pyridine rings is 1. The number of hydrogen-bond acceptors (Lipinski definition) is 12. The molecule has 42 heavy (non-hydrogen) atoms. The lowest BCUT2D eigenvalue weighted by molar-refractivity contribution is 0.397. The summed E-state index contributed by atoms with van der Waals surface area (Å²) in [5, 5.41) is 12.9. The molecule has 1 N–H and O–H groups in total. The van der Waals surface area contributed by atoms with Crippen LogP contribution < -0.4 is 15.6 Å². The second-order valence-electron chi connectivity index (χ2n) is 10.4. The predicted octanol–water partition coefficient (Wildman–Crippen LogP) is 3.19. The molecule has 216 valence electrons. The van der Waals surface area contributed by atoms with Gasteiger partial charge >= 0.3 is 0 Å². The van der Waals surface area contributed by atoms with Crippen LogP contribution in [0.4, 0.5) is 5.82 Å². The van der Waals surface area contributed by atoms with E-state index in [1.54, 1.807) is 23.8 Å². The molecule has 2 saturated carbocycles. The van der Waals surface area contributed by atoms with Crippen LogP contribution in [0.25, 0.3) is 22.6 Å². The average molecular weight is 588 g/mol. The highest BCUT2D eigenvalue weighted by Crippen LogP contribution is 2.45. The minimum Gasteiger partial charge on any atom is -0.480 e. The molecule has 4 heterocycles. The molecule has 14 heteroatoms. The van der Waals surface area contributed by atoms with E-state index in [0.717, 1.165) is 25.0 Å². The third-order valence-electron chi connectivity index (χ3n) is 7.81. The Kier molecular flexibility index (Phi) is 7.28. The van der Waals surface area contributed by atoms with Crippen LogP contribution in [0, 0.1) is 17.2 Å². The van der Waals surface area contributed by atoms with Gasteiger partial charge in [0.05, 0.1) is 59.9 Å². The van der Waals surface area contributed by atoms with Crippen molar-refractivity contribution >= 4 is 26.8 Å². The molecule has 13 nitrogen and oxygen atoms in total. The van der Waals surface area contributed by atoms with Gasteiger partial charge in [0.25, 0.3) is 5.56 Å². The van der Waals surface area contributed by atoms with Gasteiger partial charge in [0, 0.05) is 12.1 Å². The fraction of sp³-hybridized carbons (Fsp3) is 0.429. The van der Waals surface area contributed by atoms with E-state index in [9.17, 15) is 18.5 Å². The summed E-state index contributed by atoms with van der Waals surface area (Å²) >= 11 is 0. The zero-order valence-electron chi connectivity index (χ0n) is 23.2. The Morgan fingerprint density at radius 3 is 2.62 bits per heavy atom. The molecule has 0 amide bonds. The van der Waals surface area contributed by atoms with E-state index < -0.39 is 15.4 Å². The van der Waals surface area contributed by atoms with Crippen LogP contribution >= 0.6 is 0 Å². The molecular formula is C28H29N9O4S. The largest absolute Gasteiger partial charge is 0.480 e. The maximum atomic E-state index is 14.0. The van der Waals surface area contributed by atoms with Gasteiger partial charge in [-0.05, 0) is 44.2 Å². The molecule has 0 bridgehead atoms. The predicted molar refractivity (Wildman–Crippen MR) is 152 cm³/mol. The van der Waals surface area contributed by atoms with Crippen molar-refractivity contribution in [3.63, 3.8) is 0 Å². The fourth-order valence-electron chi connectivity index (χ4n) is 5.40. The minimum atomic E-state index is -3.37. The van der Waals surface area contributed by atoms with E-state index in [4.69, 9.17) is 9.72 Å². The van der Waals surface area contributed by atoms with E-state index in [2.05, 4.69) is 36.3 Å². The van der Waals surface area contributed by atoms with Crippen molar-refractivity contribution in [1.29, 1.82) is 5.26 Å². The van der Waals surface area contributed by atoms with Crippen LogP contribution in [0.5, 0.6) is 5.88 Å². The maximum Gasteiger partial charge on any atom is 0.295 e. The second-order valence-corrected chi connectivity index (χ2v) is 12.7. The Morgan fingerprint density at radius 2 is 1.93 bits per heavy atom. The van der Waals surface area contributed by atoms with Gasteiger partial charge in [0.2, 0.25) is 5.88 Å². The first kappa shape index (κ1) is 27.6. The number of nitrogens with zero attached hydrogens (tertiary/aromatic N) is 8. The van der Waals surface area contributed by atoms with Gasteiger partial charge in [-0.3, -0.25) is 14.3 Å². The molecule has 2 aliphatic rings. The summed E-state index contributed by atoms with van der Waals surface area (Å²) in [5.41, 5.74) is 2.22. The quantitative estimate of drug-likeness (QED) is 0.303.